The molecule has 0 amide bonds. The highest BCUT2D eigenvalue weighted by Gasteiger charge is 2.19. The summed E-state index contributed by atoms with van der Waals surface area (Å²) in [4.78, 5) is 4.90. The molecule has 0 spiro atoms. The molecule has 1 heterocycles. The Labute approximate surface area is 105 Å². The molecule has 4 nitrogen and oxygen atoms in total. The third kappa shape index (κ3) is 4.54. The zero-order valence-electron chi connectivity index (χ0n) is 11.1. The number of nitrogens with two attached hydrogens (primary N) is 1. The molecule has 2 fully saturated rings. The van der Waals surface area contributed by atoms with Gasteiger partial charge in [0.05, 0.1) is 12.7 Å². The summed E-state index contributed by atoms with van der Waals surface area (Å²) in [6.45, 7) is 6.75. The molecule has 100 valence electrons. The monoisotopic (exact) mass is 241 g/mol. The van der Waals surface area contributed by atoms with E-state index in [9.17, 15) is 0 Å². The fourth-order valence-electron chi connectivity index (χ4n) is 2.68. The maximum Gasteiger partial charge on any atom is 0.0597 e. The van der Waals surface area contributed by atoms with Gasteiger partial charge in [-0.05, 0) is 32.7 Å². The zero-order chi connectivity index (χ0) is 12.1. The van der Waals surface area contributed by atoms with Gasteiger partial charge in [-0.15, -0.1) is 0 Å². The van der Waals surface area contributed by atoms with Gasteiger partial charge in [0.1, 0.15) is 0 Å². The highest BCUT2D eigenvalue weighted by molar-refractivity contribution is 4.75. The molecule has 1 saturated carbocycles. The molecular weight excluding hydrogens is 214 g/mol. The number of piperazine rings is 1. The number of rotatable bonds is 4. The lowest BCUT2D eigenvalue weighted by molar-refractivity contribution is 0.00811. The Bertz CT molecular complexity index is 187. The highest BCUT2D eigenvalue weighted by Crippen LogP contribution is 2.19. The van der Waals surface area contributed by atoms with Crippen molar-refractivity contribution in [1.82, 2.24) is 9.80 Å². The Morgan fingerprint density at radius 2 is 1.71 bits per heavy atom. The van der Waals surface area contributed by atoms with Crippen LogP contribution in [0, 0.1) is 0 Å². The van der Waals surface area contributed by atoms with Gasteiger partial charge in [-0.1, -0.05) is 0 Å². The Balaban J connectivity index is 1.54. The summed E-state index contributed by atoms with van der Waals surface area (Å²) >= 11 is 0. The van der Waals surface area contributed by atoms with Gasteiger partial charge >= 0.3 is 0 Å². The number of ether oxygens (including phenoxy) is 1. The van der Waals surface area contributed by atoms with Crippen molar-refractivity contribution < 1.29 is 4.74 Å². The molecule has 0 unspecified atom stereocenters. The smallest absolute Gasteiger partial charge is 0.0597 e. The summed E-state index contributed by atoms with van der Waals surface area (Å²) in [5, 5.41) is 0. The van der Waals surface area contributed by atoms with Gasteiger partial charge in [-0.2, -0.15) is 0 Å². The van der Waals surface area contributed by atoms with Gasteiger partial charge < -0.3 is 15.4 Å². The molecule has 0 aromatic rings. The molecule has 4 heteroatoms. The lowest BCUT2D eigenvalue weighted by Crippen LogP contribution is -2.45. The van der Waals surface area contributed by atoms with Crippen LogP contribution in [0.15, 0.2) is 0 Å². The molecule has 1 aliphatic carbocycles. The van der Waals surface area contributed by atoms with Gasteiger partial charge in [0.25, 0.3) is 0 Å². The largest absolute Gasteiger partial charge is 0.377 e. The van der Waals surface area contributed by atoms with Crippen molar-refractivity contribution in [1.29, 1.82) is 0 Å². The minimum absolute atomic E-state index is 0.424. The van der Waals surface area contributed by atoms with Crippen LogP contribution >= 0.6 is 0 Å². The van der Waals surface area contributed by atoms with Crippen LogP contribution in [0.2, 0.25) is 0 Å². The molecular formula is C13H27N3O. The molecule has 0 aromatic carbocycles. The summed E-state index contributed by atoms with van der Waals surface area (Å²) in [6.07, 6.45) is 5.06. The first-order valence-electron chi connectivity index (χ1n) is 7.02. The van der Waals surface area contributed by atoms with Crippen molar-refractivity contribution in [3.8, 4) is 0 Å². The van der Waals surface area contributed by atoms with E-state index in [0.717, 1.165) is 38.8 Å². The van der Waals surface area contributed by atoms with Crippen LogP contribution in [0.25, 0.3) is 0 Å². The summed E-state index contributed by atoms with van der Waals surface area (Å²) in [5.41, 5.74) is 5.89. The van der Waals surface area contributed by atoms with Crippen molar-refractivity contribution in [3.63, 3.8) is 0 Å². The molecule has 0 atom stereocenters. The normalized spacial score (nSPS) is 32.8. The maximum absolute atomic E-state index is 5.95. The Kier molecular flexibility index (Phi) is 5.22. The average Bonchev–Trinajstić information content (AvgIpc) is 2.34. The predicted octanol–water partition coefficient (Wildman–Crippen LogP) is 0.520. The summed E-state index contributed by atoms with van der Waals surface area (Å²) in [6, 6.07) is 0.424. The molecule has 2 rings (SSSR count). The molecule has 0 bridgehead atoms. The van der Waals surface area contributed by atoms with Gasteiger partial charge in [0.2, 0.25) is 0 Å². The Morgan fingerprint density at radius 3 is 2.35 bits per heavy atom. The van der Waals surface area contributed by atoms with Gasteiger partial charge in [-0.25, -0.2) is 0 Å². The van der Waals surface area contributed by atoms with Crippen molar-refractivity contribution in [2.45, 2.75) is 37.8 Å². The molecule has 0 aromatic heterocycles. The number of nitrogens with zero attached hydrogens (tertiary/aromatic N) is 2. The first kappa shape index (κ1) is 13.3. The van der Waals surface area contributed by atoms with Crippen LogP contribution in [0.4, 0.5) is 0 Å². The van der Waals surface area contributed by atoms with Crippen LogP contribution in [-0.2, 0) is 4.74 Å². The van der Waals surface area contributed by atoms with E-state index in [1.807, 2.05) is 0 Å². The first-order chi connectivity index (χ1) is 8.24. The van der Waals surface area contributed by atoms with Crippen molar-refractivity contribution >= 4 is 0 Å². The van der Waals surface area contributed by atoms with E-state index in [1.165, 1.54) is 26.2 Å². The summed E-state index contributed by atoms with van der Waals surface area (Å²) < 4.78 is 5.95. The fourth-order valence-corrected chi connectivity index (χ4v) is 2.68. The molecule has 1 saturated heterocycles. The first-order valence-corrected chi connectivity index (χ1v) is 7.02. The topological polar surface area (TPSA) is 41.7 Å². The minimum Gasteiger partial charge on any atom is -0.377 e. The quantitative estimate of drug-likeness (QED) is 0.779. The van der Waals surface area contributed by atoms with Crippen molar-refractivity contribution in [2.24, 2.45) is 5.73 Å². The van der Waals surface area contributed by atoms with Crippen LogP contribution in [0.3, 0.4) is 0 Å². The van der Waals surface area contributed by atoms with Gasteiger partial charge in [0.15, 0.2) is 0 Å². The average molecular weight is 241 g/mol. The van der Waals surface area contributed by atoms with Crippen LogP contribution in [0.5, 0.6) is 0 Å². The van der Waals surface area contributed by atoms with E-state index in [1.54, 1.807) is 0 Å². The zero-order valence-corrected chi connectivity index (χ0v) is 11.1. The molecule has 2 N–H and O–H groups in total. The third-order valence-corrected chi connectivity index (χ3v) is 4.08. The molecule has 2 aliphatic rings. The fraction of sp³-hybridized carbons (Fsp3) is 1.00. The lowest BCUT2D eigenvalue weighted by atomic mass is 9.94. The molecule has 1 aliphatic heterocycles. The maximum atomic E-state index is 5.95. The van der Waals surface area contributed by atoms with Crippen molar-refractivity contribution in [3.05, 3.63) is 0 Å². The summed E-state index contributed by atoms with van der Waals surface area (Å²) in [7, 11) is 2.19. The van der Waals surface area contributed by atoms with Gasteiger partial charge in [-0.3, -0.25) is 4.90 Å². The molecule has 0 radical (unpaired) electrons. The van der Waals surface area contributed by atoms with Crippen molar-refractivity contribution in [2.75, 3.05) is 46.4 Å². The van der Waals surface area contributed by atoms with E-state index in [4.69, 9.17) is 10.5 Å². The van der Waals surface area contributed by atoms with Gasteiger partial charge in [0, 0.05) is 38.8 Å². The van der Waals surface area contributed by atoms with E-state index in [2.05, 4.69) is 16.8 Å². The van der Waals surface area contributed by atoms with E-state index >= 15 is 0 Å². The lowest BCUT2D eigenvalue weighted by Gasteiger charge is -2.33. The Hall–Kier alpha value is -0.160. The predicted molar refractivity (Wildman–Crippen MR) is 70.1 cm³/mol. The van der Waals surface area contributed by atoms with Crippen LogP contribution in [0.1, 0.15) is 25.7 Å². The number of hydrogen-bond donors (Lipinski definition) is 1. The molecule has 17 heavy (non-hydrogen) atoms. The third-order valence-electron chi connectivity index (χ3n) is 4.08. The second-order valence-electron chi connectivity index (χ2n) is 5.55. The van der Waals surface area contributed by atoms with E-state index in [0.29, 0.717) is 12.1 Å². The van der Waals surface area contributed by atoms with Crippen LogP contribution < -0.4 is 5.73 Å². The minimum atomic E-state index is 0.424. The summed E-state index contributed by atoms with van der Waals surface area (Å²) in [5.74, 6) is 0. The van der Waals surface area contributed by atoms with E-state index < -0.39 is 0 Å². The highest BCUT2D eigenvalue weighted by atomic mass is 16.5. The second kappa shape index (κ2) is 6.69. The SMILES string of the molecule is CN1CCN(CCOC2CCC(N)CC2)CC1. The Morgan fingerprint density at radius 1 is 1.06 bits per heavy atom. The standard InChI is InChI=1S/C13H27N3O/c1-15-6-8-16(9-7-15)10-11-17-13-4-2-12(14)3-5-13/h12-13H,2-11,14H2,1H3. The number of hydrogen-bond acceptors (Lipinski definition) is 4. The van der Waals surface area contributed by atoms with E-state index in [-0.39, 0.29) is 0 Å². The number of likely N-dealkylation sites (N-methyl/N-ethyl adjacent to an activating group) is 1. The van der Waals surface area contributed by atoms with Crippen LogP contribution in [-0.4, -0.2) is 68.3 Å². The second-order valence-corrected chi connectivity index (χ2v) is 5.55.